The lowest BCUT2D eigenvalue weighted by Crippen LogP contribution is -2.29. The molecule has 35 heavy (non-hydrogen) atoms. The van der Waals surface area contributed by atoms with Crippen LogP contribution in [0.5, 0.6) is 0 Å². The van der Waals surface area contributed by atoms with Gasteiger partial charge in [-0.15, -0.1) is 0 Å². The Morgan fingerprint density at radius 3 is 2.26 bits per heavy atom. The number of fused-ring (bicyclic) bond motifs is 1. The van der Waals surface area contributed by atoms with Crippen LogP contribution >= 0.6 is 0 Å². The lowest BCUT2D eigenvalue weighted by atomic mass is 10.1. The molecule has 0 radical (unpaired) electrons. The number of carbonyl (C=O) groups excluding carboxylic acids is 2. The normalized spacial score (nSPS) is 13.2. The van der Waals surface area contributed by atoms with Gasteiger partial charge in [-0.2, -0.15) is 0 Å². The second-order valence-electron chi connectivity index (χ2n) is 8.74. The Kier molecular flexibility index (Phi) is 5.53. The molecule has 0 saturated heterocycles. The predicted molar refractivity (Wildman–Crippen MR) is 135 cm³/mol. The summed E-state index contributed by atoms with van der Waals surface area (Å²) < 4.78 is 1.51. The summed E-state index contributed by atoms with van der Waals surface area (Å²) in [5.41, 5.74) is 6.05. The third kappa shape index (κ3) is 4.01. The number of hydrogen-bond donors (Lipinski definition) is 1. The average molecular weight is 465 g/mol. The Morgan fingerprint density at radius 2 is 1.57 bits per heavy atom. The van der Waals surface area contributed by atoms with Crippen molar-refractivity contribution in [3.8, 4) is 5.69 Å². The van der Waals surface area contributed by atoms with Gasteiger partial charge in [-0.3, -0.25) is 29.4 Å². The number of nitrogens with one attached hydrogen (secondary N) is 1. The number of H-pyrrole nitrogens is 1. The lowest BCUT2D eigenvalue weighted by Gasteiger charge is -2.16. The predicted octanol–water partition coefficient (Wildman–Crippen LogP) is 4.64. The minimum Gasteiger partial charge on any atom is -0.295 e. The third-order valence-corrected chi connectivity index (χ3v) is 6.26. The van der Waals surface area contributed by atoms with E-state index >= 15 is 0 Å². The van der Waals surface area contributed by atoms with E-state index < -0.39 is 0 Å². The van der Waals surface area contributed by atoms with Gasteiger partial charge in [-0.05, 0) is 73.9 Å². The lowest BCUT2D eigenvalue weighted by molar-refractivity contribution is 0.0642. The van der Waals surface area contributed by atoms with Crippen molar-refractivity contribution in [2.24, 2.45) is 4.99 Å². The quantitative estimate of drug-likeness (QED) is 0.345. The Morgan fingerprint density at radius 1 is 0.857 bits per heavy atom. The molecule has 7 nitrogen and oxygen atoms in total. The molecule has 2 amide bonds. The molecule has 4 aromatic rings. The maximum atomic E-state index is 13.0. The van der Waals surface area contributed by atoms with Gasteiger partial charge in [-0.25, -0.2) is 4.68 Å². The van der Waals surface area contributed by atoms with Crippen molar-refractivity contribution >= 4 is 23.7 Å². The zero-order valence-electron chi connectivity index (χ0n) is 19.7. The van der Waals surface area contributed by atoms with E-state index in [0.29, 0.717) is 28.1 Å². The van der Waals surface area contributed by atoms with Gasteiger partial charge in [0, 0.05) is 11.9 Å². The van der Waals surface area contributed by atoms with Gasteiger partial charge in [0.15, 0.2) is 0 Å². The van der Waals surface area contributed by atoms with Crippen LogP contribution in [0.1, 0.15) is 48.7 Å². The molecule has 1 aromatic heterocycles. The Hall–Kier alpha value is -4.52. The van der Waals surface area contributed by atoms with Gasteiger partial charge >= 0.3 is 0 Å². The van der Waals surface area contributed by atoms with Gasteiger partial charge in [0.25, 0.3) is 17.4 Å². The van der Waals surface area contributed by atoms with Crippen molar-refractivity contribution in [2.45, 2.75) is 27.3 Å². The third-order valence-electron chi connectivity index (χ3n) is 6.26. The number of imide groups is 1. The van der Waals surface area contributed by atoms with E-state index in [1.807, 2.05) is 63.2 Å². The molecule has 0 aliphatic carbocycles. The number of aromatic nitrogens is 2. The Balaban J connectivity index is 1.42. The SMILES string of the molecule is Cc1cccc(-n2[nH]c(C)c(C=Nc3ccc(C)c(CN4C(=O)c5ccccc5C4=O)c3)c2=O)c1. The van der Waals surface area contributed by atoms with Crippen molar-refractivity contribution < 1.29 is 9.59 Å². The topological polar surface area (TPSA) is 87.5 Å². The summed E-state index contributed by atoms with van der Waals surface area (Å²) in [6, 6.07) is 20.1. The first kappa shape index (κ1) is 22.3. The molecular formula is C28H24N4O3. The minimum absolute atomic E-state index is 0.158. The second-order valence-corrected chi connectivity index (χ2v) is 8.74. The summed E-state index contributed by atoms with van der Waals surface area (Å²) in [6.07, 6.45) is 1.55. The molecule has 0 saturated carbocycles. The molecule has 0 atom stereocenters. The number of benzene rings is 3. The molecule has 0 bridgehead atoms. The van der Waals surface area contributed by atoms with Crippen LogP contribution in [-0.4, -0.2) is 32.7 Å². The maximum absolute atomic E-state index is 13.0. The molecule has 1 N–H and O–H groups in total. The molecule has 2 heterocycles. The molecule has 0 spiro atoms. The van der Waals surface area contributed by atoms with E-state index in [-0.39, 0.29) is 23.9 Å². The van der Waals surface area contributed by atoms with E-state index in [1.54, 1.807) is 30.5 Å². The van der Waals surface area contributed by atoms with Crippen LogP contribution in [0.3, 0.4) is 0 Å². The highest BCUT2D eigenvalue weighted by Gasteiger charge is 2.35. The first-order valence-electron chi connectivity index (χ1n) is 11.3. The Labute approximate surface area is 202 Å². The second kappa shape index (κ2) is 8.68. The van der Waals surface area contributed by atoms with Crippen molar-refractivity contribution in [2.75, 3.05) is 0 Å². The molecule has 1 aliphatic heterocycles. The maximum Gasteiger partial charge on any atom is 0.280 e. The number of aryl methyl sites for hydroxylation is 3. The molecule has 0 unspecified atom stereocenters. The molecule has 0 fully saturated rings. The Bertz CT molecular complexity index is 1540. The van der Waals surface area contributed by atoms with Crippen LogP contribution in [0.25, 0.3) is 5.69 Å². The molecule has 3 aromatic carbocycles. The molecule has 5 rings (SSSR count). The summed E-state index contributed by atoms with van der Waals surface area (Å²) in [4.78, 5) is 44.3. The number of carbonyl (C=O) groups is 2. The highest BCUT2D eigenvalue weighted by Crippen LogP contribution is 2.26. The summed E-state index contributed by atoms with van der Waals surface area (Å²) in [6.45, 7) is 5.89. The summed E-state index contributed by atoms with van der Waals surface area (Å²) in [7, 11) is 0. The average Bonchev–Trinajstić information content (AvgIpc) is 3.27. The van der Waals surface area contributed by atoms with Crippen molar-refractivity contribution in [3.05, 3.63) is 116 Å². The fourth-order valence-corrected chi connectivity index (χ4v) is 4.26. The standard InChI is InChI=1S/C28H24N4O3/c1-17-7-6-8-22(13-17)32-28(35)25(19(3)30-32)15-29-21-12-11-18(2)20(14-21)16-31-26(33)23-9-4-5-10-24(23)27(31)34/h4-15,30H,16H2,1-3H3. The smallest absolute Gasteiger partial charge is 0.280 e. The van der Waals surface area contributed by atoms with Crippen LogP contribution in [0.4, 0.5) is 5.69 Å². The van der Waals surface area contributed by atoms with Crippen LogP contribution in [-0.2, 0) is 6.54 Å². The van der Waals surface area contributed by atoms with E-state index in [0.717, 1.165) is 22.4 Å². The van der Waals surface area contributed by atoms with E-state index in [9.17, 15) is 14.4 Å². The van der Waals surface area contributed by atoms with E-state index in [2.05, 4.69) is 10.1 Å². The van der Waals surface area contributed by atoms with Gasteiger partial charge in [0.1, 0.15) is 0 Å². The number of amides is 2. The first-order valence-corrected chi connectivity index (χ1v) is 11.3. The van der Waals surface area contributed by atoms with Crippen LogP contribution in [0, 0.1) is 20.8 Å². The number of hydrogen-bond acceptors (Lipinski definition) is 4. The molecule has 7 heteroatoms. The van der Waals surface area contributed by atoms with Gasteiger partial charge < -0.3 is 0 Å². The first-order chi connectivity index (χ1) is 16.8. The zero-order chi connectivity index (χ0) is 24.7. The van der Waals surface area contributed by atoms with E-state index in [4.69, 9.17) is 0 Å². The monoisotopic (exact) mass is 464 g/mol. The fraction of sp³-hybridized carbons (Fsp3) is 0.143. The molecule has 1 aliphatic rings. The van der Waals surface area contributed by atoms with Gasteiger partial charge in [0.05, 0.1) is 34.6 Å². The van der Waals surface area contributed by atoms with Gasteiger partial charge in [0.2, 0.25) is 0 Å². The van der Waals surface area contributed by atoms with Crippen molar-refractivity contribution in [1.82, 2.24) is 14.7 Å². The molecular weight excluding hydrogens is 440 g/mol. The van der Waals surface area contributed by atoms with E-state index in [1.165, 1.54) is 9.58 Å². The largest absolute Gasteiger partial charge is 0.295 e. The number of rotatable bonds is 5. The van der Waals surface area contributed by atoms with Crippen molar-refractivity contribution in [3.63, 3.8) is 0 Å². The molecule has 174 valence electrons. The highest BCUT2D eigenvalue weighted by atomic mass is 16.2. The van der Waals surface area contributed by atoms with Gasteiger partial charge in [-0.1, -0.05) is 30.3 Å². The van der Waals surface area contributed by atoms with Crippen LogP contribution in [0.2, 0.25) is 0 Å². The summed E-state index contributed by atoms with van der Waals surface area (Å²) in [5.74, 6) is -0.586. The zero-order valence-corrected chi connectivity index (χ0v) is 19.7. The minimum atomic E-state index is -0.293. The number of aliphatic imine (C=N–C) groups is 1. The fourth-order valence-electron chi connectivity index (χ4n) is 4.26. The number of nitrogens with zero attached hydrogens (tertiary/aromatic N) is 3. The van der Waals surface area contributed by atoms with Crippen LogP contribution in [0.15, 0.2) is 76.5 Å². The number of aromatic amines is 1. The summed E-state index contributed by atoms with van der Waals surface area (Å²) in [5, 5.41) is 3.11. The van der Waals surface area contributed by atoms with Crippen LogP contribution < -0.4 is 5.56 Å². The highest BCUT2D eigenvalue weighted by molar-refractivity contribution is 6.21. The summed E-state index contributed by atoms with van der Waals surface area (Å²) >= 11 is 0. The van der Waals surface area contributed by atoms with Crippen molar-refractivity contribution in [1.29, 1.82) is 0 Å².